The molecule has 3 unspecified atom stereocenters. The van der Waals surface area contributed by atoms with Crippen LogP contribution < -0.4 is 20.7 Å². The quantitative estimate of drug-likeness (QED) is 0.238. The molecule has 3 N–H and O–H groups in total. The molecule has 0 spiro atoms. The van der Waals surface area contributed by atoms with Crippen molar-refractivity contribution < 1.29 is 28.4 Å². The van der Waals surface area contributed by atoms with Gasteiger partial charge < -0.3 is 30.3 Å². The maximum Gasteiger partial charge on any atom is 0.407 e. The molecule has 13 nitrogen and oxygen atoms in total. The zero-order valence-electron chi connectivity index (χ0n) is 27.7. The van der Waals surface area contributed by atoms with Gasteiger partial charge in [-0.05, 0) is 51.9 Å². The number of amidine groups is 1. The highest BCUT2D eigenvalue weighted by molar-refractivity contribution is 5.93. The first-order valence-corrected chi connectivity index (χ1v) is 16.3. The number of alkyl carbamates (subject to hydrolysis) is 1. The van der Waals surface area contributed by atoms with Gasteiger partial charge in [-0.15, -0.1) is 0 Å². The number of ether oxygens (including phenoxy) is 2. The van der Waals surface area contributed by atoms with Crippen LogP contribution in [0.5, 0.6) is 5.75 Å². The summed E-state index contributed by atoms with van der Waals surface area (Å²) in [4.78, 5) is 54.2. The van der Waals surface area contributed by atoms with E-state index in [1.807, 2.05) is 45.7 Å². The number of hydrogen-bond acceptors (Lipinski definition) is 8. The van der Waals surface area contributed by atoms with E-state index in [4.69, 9.17) is 15.2 Å². The van der Waals surface area contributed by atoms with E-state index in [1.165, 1.54) is 0 Å². The Hall–Kier alpha value is -3.77. The van der Waals surface area contributed by atoms with Crippen molar-refractivity contribution in [2.45, 2.75) is 85.3 Å². The Morgan fingerprint density at radius 1 is 1.18 bits per heavy atom. The van der Waals surface area contributed by atoms with Gasteiger partial charge in [-0.25, -0.2) is 24.4 Å². The van der Waals surface area contributed by atoms with Crippen molar-refractivity contribution in [2.24, 2.45) is 34.4 Å². The number of rotatable bonds is 9. The van der Waals surface area contributed by atoms with E-state index in [0.29, 0.717) is 75.1 Å². The fourth-order valence-electron chi connectivity index (χ4n) is 5.93. The summed E-state index contributed by atoms with van der Waals surface area (Å²) >= 11 is 0. The SMILES string of the molecule is CC(C)C(N)=NC(=O)N1CCC(C(C)CCOc2cnc(N3CC(C=[N+]4CCCC4=O)C(NC(=O)OC(C)(C)C)C3)nc2)CC1. The van der Waals surface area contributed by atoms with Gasteiger partial charge in [-0.1, -0.05) is 20.8 Å². The van der Waals surface area contributed by atoms with Gasteiger partial charge in [0, 0.05) is 38.5 Å². The molecular weight excluding hydrogens is 576 g/mol. The molecule has 0 radical (unpaired) electrons. The van der Waals surface area contributed by atoms with E-state index in [0.717, 1.165) is 25.7 Å². The zero-order valence-corrected chi connectivity index (χ0v) is 27.7. The van der Waals surface area contributed by atoms with Crippen LogP contribution in [-0.2, 0) is 9.53 Å². The summed E-state index contributed by atoms with van der Waals surface area (Å²) in [7, 11) is 0. The van der Waals surface area contributed by atoms with Crippen LogP contribution in [0.3, 0.4) is 0 Å². The number of aromatic nitrogens is 2. The maximum atomic E-state index is 12.6. The standard InChI is InChI=1S/C32H50N8O5/c1-21(2)28(33)37-30(42)38-13-9-23(10-14-38)22(3)11-15-44-25-16-34-29(35-17-25)40-19-24(18-39-12-7-8-27(39)41)26(20-40)36-31(43)45-32(4,5)6/h16-18,21-24,26H,7-15,19-20H2,1-6H3,(H2-,33,36,37,42,43)/p+1. The Kier molecular flexibility index (Phi) is 11.4. The summed E-state index contributed by atoms with van der Waals surface area (Å²) in [6, 6.07) is -0.497. The minimum atomic E-state index is -0.612. The van der Waals surface area contributed by atoms with Gasteiger partial charge in [0.25, 0.3) is 0 Å². The van der Waals surface area contributed by atoms with E-state index in [2.05, 4.69) is 27.2 Å². The molecule has 0 aliphatic carbocycles. The molecule has 3 aliphatic heterocycles. The summed E-state index contributed by atoms with van der Waals surface area (Å²) in [5, 5.41) is 2.99. The topological polar surface area (TPSA) is 155 Å². The van der Waals surface area contributed by atoms with Crippen LogP contribution in [-0.4, -0.2) is 100 Å². The summed E-state index contributed by atoms with van der Waals surface area (Å²) in [5.74, 6) is 2.53. The third kappa shape index (κ3) is 9.86. The third-order valence-corrected chi connectivity index (χ3v) is 8.72. The van der Waals surface area contributed by atoms with Crippen molar-refractivity contribution in [3.63, 3.8) is 0 Å². The van der Waals surface area contributed by atoms with E-state index in [9.17, 15) is 14.4 Å². The summed E-state index contributed by atoms with van der Waals surface area (Å²) in [6.07, 6.45) is 8.95. The van der Waals surface area contributed by atoms with E-state index < -0.39 is 11.7 Å². The second kappa shape index (κ2) is 15.0. The summed E-state index contributed by atoms with van der Waals surface area (Å²) in [5.41, 5.74) is 5.25. The maximum absolute atomic E-state index is 12.6. The number of carbonyl (C=O) groups is 3. The van der Waals surface area contributed by atoms with Crippen molar-refractivity contribution in [1.82, 2.24) is 20.2 Å². The highest BCUT2D eigenvalue weighted by Crippen LogP contribution is 2.28. The molecule has 3 aliphatic rings. The lowest BCUT2D eigenvalue weighted by molar-refractivity contribution is -0.430. The zero-order chi connectivity index (χ0) is 32.7. The lowest BCUT2D eigenvalue weighted by atomic mass is 9.84. The average molecular weight is 628 g/mol. The Morgan fingerprint density at radius 2 is 1.87 bits per heavy atom. The second-order valence-corrected chi connectivity index (χ2v) is 13.8. The summed E-state index contributed by atoms with van der Waals surface area (Å²) in [6.45, 7) is 15.2. The molecule has 248 valence electrons. The number of anilines is 1. The lowest BCUT2D eigenvalue weighted by Crippen LogP contribution is -2.44. The first-order valence-electron chi connectivity index (χ1n) is 16.3. The van der Waals surface area contributed by atoms with Crippen LogP contribution in [0.15, 0.2) is 17.4 Å². The van der Waals surface area contributed by atoms with Crippen LogP contribution in [0.25, 0.3) is 0 Å². The van der Waals surface area contributed by atoms with Crippen molar-refractivity contribution in [2.75, 3.05) is 44.2 Å². The Balaban J connectivity index is 1.26. The average Bonchev–Trinajstić information content (AvgIpc) is 3.57. The molecule has 0 saturated carbocycles. The number of piperidine rings is 1. The first kappa shape index (κ1) is 34.1. The number of aliphatic imine (C=N–C) groups is 1. The molecule has 3 atom stereocenters. The number of nitrogens with one attached hydrogen (secondary N) is 1. The Labute approximate surface area is 266 Å². The molecule has 0 aromatic carbocycles. The molecule has 4 amide bonds. The van der Waals surface area contributed by atoms with Gasteiger partial charge >= 0.3 is 18.0 Å². The Bertz CT molecular complexity index is 1250. The molecule has 1 aromatic heterocycles. The van der Waals surface area contributed by atoms with Crippen molar-refractivity contribution in [1.29, 1.82) is 0 Å². The number of nitrogens with two attached hydrogens (primary N) is 1. The van der Waals surface area contributed by atoms with Gasteiger partial charge in [-0.2, -0.15) is 9.57 Å². The Morgan fingerprint density at radius 3 is 2.47 bits per heavy atom. The monoisotopic (exact) mass is 627 g/mol. The number of nitrogens with zero attached hydrogens (tertiary/aromatic N) is 6. The van der Waals surface area contributed by atoms with E-state index in [1.54, 1.807) is 21.9 Å². The number of urea groups is 1. The van der Waals surface area contributed by atoms with Gasteiger partial charge in [-0.3, -0.25) is 0 Å². The van der Waals surface area contributed by atoms with Crippen LogP contribution in [0.2, 0.25) is 0 Å². The summed E-state index contributed by atoms with van der Waals surface area (Å²) < 4.78 is 13.2. The second-order valence-electron chi connectivity index (χ2n) is 13.8. The van der Waals surface area contributed by atoms with Crippen LogP contribution in [0.4, 0.5) is 15.5 Å². The minimum absolute atomic E-state index is 0.0532. The fraction of sp³-hybridized carbons (Fsp3) is 0.719. The highest BCUT2D eigenvalue weighted by Gasteiger charge is 2.39. The molecule has 4 heterocycles. The highest BCUT2D eigenvalue weighted by atomic mass is 16.6. The van der Waals surface area contributed by atoms with Gasteiger partial charge in [0.1, 0.15) is 11.4 Å². The largest absolute Gasteiger partial charge is 0.490 e. The van der Waals surface area contributed by atoms with Gasteiger partial charge in [0.15, 0.2) is 18.5 Å². The number of likely N-dealkylation sites (tertiary alicyclic amines) is 1. The molecule has 3 fully saturated rings. The van der Waals surface area contributed by atoms with Gasteiger partial charge in [0.2, 0.25) is 5.95 Å². The molecule has 45 heavy (non-hydrogen) atoms. The van der Waals surface area contributed by atoms with Crippen LogP contribution in [0, 0.1) is 23.7 Å². The smallest absolute Gasteiger partial charge is 0.407 e. The molecule has 3 saturated heterocycles. The molecular formula is C32H51N8O5+. The van der Waals surface area contributed by atoms with Crippen molar-refractivity contribution in [3.05, 3.63) is 12.4 Å². The molecule has 1 aromatic rings. The lowest BCUT2D eigenvalue weighted by Gasteiger charge is -2.34. The number of hydrogen-bond donors (Lipinski definition) is 2. The van der Waals surface area contributed by atoms with Crippen LogP contribution in [0.1, 0.15) is 73.6 Å². The predicted molar refractivity (Wildman–Crippen MR) is 172 cm³/mol. The normalized spacial score (nSPS) is 23.1. The third-order valence-electron chi connectivity index (χ3n) is 8.72. The first-order chi connectivity index (χ1) is 21.3. The molecule has 4 rings (SSSR count). The van der Waals surface area contributed by atoms with Gasteiger partial charge in [0.05, 0.1) is 37.4 Å². The molecule has 13 heteroatoms. The van der Waals surface area contributed by atoms with E-state index >= 15 is 0 Å². The van der Waals surface area contributed by atoms with Crippen molar-refractivity contribution >= 4 is 36.0 Å². The number of amides is 4. The van der Waals surface area contributed by atoms with E-state index in [-0.39, 0.29) is 29.8 Å². The van der Waals surface area contributed by atoms with Crippen LogP contribution >= 0.6 is 0 Å². The fourth-order valence-corrected chi connectivity index (χ4v) is 5.93. The number of carbonyl (C=O) groups excluding carboxylic acids is 3. The minimum Gasteiger partial charge on any atom is -0.490 e. The molecule has 0 bridgehead atoms. The van der Waals surface area contributed by atoms with Crippen molar-refractivity contribution in [3.8, 4) is 5.75 Å². The predicted octanol–water partition coefficient (Wildman–Crippen LogP) is 3.46.